The Morgan fingerprint density at radius 2 is 2.25 bits per heavy atom. The zero-order valence-electron chi connectivity index (χ0n) is 12.2. The van der Waals surface area contributed by atoms with Crippen molar-refractivity contribution in [3.05, 3.63) is 11.4 Å². The van der Waals surface area contributed by atoms with Crippen molar-refractivity contribution in [2.45, 2.75) is 58.6 Å². The van der Waals surface area contributed by atoms with Crippen molar-refractivity contribution in [2.75, 3.05) is 6.61 Å². The normalized spacial score (nSPS) is 19.4. The standard InChI is InChI=1S/C14H23N3O3/c1-10(2)8-17-11-6-4-3-5-7-12(14(11)15-16-17)20-9-13(18)19/h10,12H,3-9H2,1-2H3,(H,18,19). The van der Waals surface area contributed by atoms with Gasteiger partial charge in [-0.2, -0.15) is 0 Å². The Hall–Kier alpha value is -1.43. The number of aliphatic carboxylic acids is 1. The smallest absolute Gasteiger partial charge is 0.329 e. The molecule has 0 amide bonds. The van der Waals surface area contributed by atoms with Gasteiger partial charge in [0, 0.05) is 6.54 Å². The van der Waals surface area contributed by atoms with E-state index in [1.54, 1.807) is 0 Å². The number of hydrogen-bond acceptors (Lipinski definition) is 4. The van der Waals surface area contributed by atoms with Crippen LogP contribution in [0.5, 0.6) is 0 Å². The van der Waals surface area contributed by atoms with Crippen LogP contribution in [0.2, 0.25) is 0 Å². The van der Waals surface area contributed by atoms with Crippen LogP contribution in [0.15, 0.2) is 0 Å². The van der Waals surface area contributed by atoms with Gasteiger partial charge in [-0.15, -0.1) is 5.10 Å². The van der Waals surface area contributed by atoms with Gasteiger partial charge in [0.2, 0.25) is 0 Å². The molecule has 0 spiro atoms. The van der Waals surface area contributed by atoms with Crippen molar-refractivity contribution in [2.24, 2.45) is 5.92 Å². The predicted octanol–water partition coefficient (Wildman–Crippen LogP) is 2.19. The number of rotatable bonds is 5. The van der Waals surface area contributed by atoms with Gasteiger partial charge in [0.15, 0.2) is 0 Å². The van der Waals surface area contributed by atoms with Gasteiger partial charge < -0.3 is 9.84 Å². The Kier molecular flexibility index (Phi) is 5.11. The summed E-state index contributed by atoms with van der Waals surface area (Å²) in [5.74, 6) is -0.437. The van der Waals surface area contributed by atoms with E-state index in [1.807, 2.05) is 4.68 Å². The van der Waals surface area contributed by atoms with E-state index in [1.165, 1.54) is 0 Å². The van der Waals surface area contributed by atoms with E-state index in [2.05, 4.69) is 24.2 Å². The molecule has 1 atom stereocenters. The fraction of sp³-hybridized carbons (Fsp3) is 0.786. The van der Waals surface area contributed by atoms with Crippen LogP contribution in [0.3, 0.4) is 0 Å². The van der Waals surface area contributed by atoms with Crippen molar-refractivity contribution < 1.29 is 14.6 Å². The second-order valence-electron chi connectivity index (χ2n) is 5.79. The number of carboxylic acids is 1. The monoisotopic (exact) mass is 281 g/mol. The molecule has 0 radical (unpaired) electrons. The Labute approximate surface area is 119 Å². The molecule has 1 aliphatic rings. The molecule has 0 bridgehead atoms. The Morgan fingerprint density at radius 1 is 1.45 bits per heavy atom. The summed E-state index contributed by atoms with van der Waals surface area (Å²) in [6, 6.07) is 0. The van der Waals surface area contributed by atoms with Crippen LogP contribution in [0, 0.1) is 5.92 Å². The minimum absolute atomic E-state index is 0.234. The zero-order chi connectivity index (χ0) is 14.5. The fourth-order valence-corrected chi connectivity index (χ4v) is 2.62. The first-order chi connectivity index (χ1) is 9.58. The van der Waals surface area contributed by atoms with Gasteiger partial charge in [-0.3, -0.25) is 0 Å². The molecule has 0 saturated carbocycles. The van der Waals surface area contributed by atoms with E-state index >= 15 is 0 Å². The zero-order valence-corrected chi connectivity index (χ0v) is 12.2. The summed E-state index contributed by atoms with van der Waals surface area (Å²) in [5, 5.41) is 17.3. The quantitative estimate of drug-likeness (QED) is 0.895. The Morgan fingerprint density at radius 3 is 2.95 bits per heavy atom. The van der Waals surface area contributed by atoms with E-state index < -0.39 is 5.97 Å². The second kappa shape index (κ2) is 6.83. The van der Waals surface area contributed by atoms with Gasteiger partial charge in [0.1, 0.15) is 18.4 Å². The van der Waals surface area contributed by atoms with Crippen LogP contribution in [-0.4, -0.2) is 32.7 Å². The molecule has 0 fully saturated rings. The van der Waals surface area contributed by atoms with E-state index in [9.17, 15) is 4.79 Å². The van der Waals surface area contributed by atoms with Gasteiger partial charge in [0.05, 0.1) is 5.69 Å². The molecule has 0 aromatic carbocycles. The second-order valence-corrected chi connectivity index (χ2v) is 5.79. The molecule has 6 heteroatoms. The molecular formula is C14H23N3O3. The summed E-state index contributed by atoms with van der Waals surface area (Å²) in [5.41, 5.74) is 1.96. The van der Waals surface area contributed by atoms with E-state index in [-0.39, 0.29) is 12.7 Å². The van der Waals surface area contributed by atoms with Crippen LogP contribution >= 0.6 is 0 Å². The summed E-state index contributed by atoms with van der Waals surface area (Å²) < 4.78 is 7.47. The first-order valence-corrected chi connectivity index (χ1v) is 7.33. The van der Waals surface area contributed by atoms with Crippen molar-refractivity contribution in [1.82, 2.24) is 15.0 Å². The van der Waals surface area contributed by atoms with E-state index in [4.69, 9.17) is 9.84 Å². The lowest BCUT2D eigenvalue weighted by Gasteiger charge is -2.19. The molecule has 0 saturated heterocycles. The first-order valence-electron chi connectivity index (χ1n) is 7.33. The van der Waals surface area contributed by atoms with Crippen LogP contribution in [0.25, 0.3) is 0 Å². The molecule has 1 heterocycles. The van der Waals surface area contributed by atoms with Crippen molar-refractivity contribution in [3.63, 3.8) is 0 Å². The number of carboxylic acid groups (broad SMARTS) is 1. The molecule has 1 aromatic rings. The Balaban J connectivity index is 2.20. The third-order valence-electron chi connectivity index (χ3n) is 3.50. The molecule has 1 aromatic heterocycles. The fourth-order valence-electron chi connectivity index (χ4n) is 2.62. The van der Waals surface area contributed by atoms with Crippen LogP contribution in [-0.2, 0) is 22.5 Å². The number of fused-ring (bicyclic) bond motifs is 1. The topological polar surface area (TPSA) is 77.2 Å². The van der Waals surface area contributed by atoms with Crippen LogP contribution in [0.1, 0.15) is 57.0 Å². The van der Waals surface area contributed by atoms with E-state index in [0.717, 1.165) is 50.0 Å². The molecule has 1 aliphatic carbocycles. The summed E-state index contributed by atoms with van der Waals surface area (Å²) >= 11 is 0. The first kappa shape index (κ1) is 15.0. The number of ether oxygens (including phenoxy) is 1. The average Bonchev–Trinajstić information content (AvgIpc) is 2.70. The van der Waals surface area contributed by atoms with E-state index in [0.29, 0.717) is 5.92 Å². The SMILES string of the molecule is CC(C)Cn1nnc2c1CCCCCC2OCC(=O)O. The maximum atomic E-state index is 10.7. The highest BCUT2D eigenvalue weighted by atomic mass is 16.5. The molecule has 0 aliphatic heterocycles. The summed E-state index contributed by atoms with van der Waals surface area (Å²) in [7, 11) is 0. The molecule has 1 N–H and O–H groups in total. The highest BCUT2D eigenvalue weighted by molar-refractivity contribution is 5.68. The lowest BCUT2D eigenvalue weighted by molar-refractivity contribution is -0.144. The van der Waals surface area contributed by atoms with Gasteiger partial charge in [-0.05, 0) is 25.2 Å². The molecule has 112 valence electrons. The van der Waals surface area contributed by atoms with Gasteiger partial charge >= 0.3 is 5.97 Å². The van der Waals surface area contributed by atoms with Crippen LogP contribution < -0.4 is 0 Å². The molecule has 20 heavy (non-hydrogen) atoms. The number of aromatic nitrogens is 3. The third kappa shape index (κ3) is 3.79. The largest absolute Gasteiger partial charge is 0.480 e. The van der Waals surface area contributed by atoms with Crippen molar-refractivity contribution >= 4 is 5.97 Å². The number of nitrogens with zero attached hydrogens (tertiary/aromatic N) is 3. The summed E-state index contributed by atoms with van der Waals surface area (Å²) in [4.78, 5) is 10.7. The van der Waals surface area contributed by atoms with Gasteiger partial charge in [-0.25, -0.2) is 9.48 Å². The average molecular weight is 281 g/mol. The van der Waals surface area contributed by atoms with Crippen molar-refractivity contribution in [3.8, 4) is 0 Å². The summed E-state index contributed by atoms with van der Waals surface area (Å²) in [6.07, 6.45) is 4.84. The summed E-state index contributed by atoms with van der Waals surface area (Å²) in [6.45, 7) is 4.86. The maximum Gasteiger partial charge on any atom is 0.329 e. The number of hydrogen-bond donors (Lipinski definition) is 1. The molecular weight excluding hydrogens is 258 g/mol. The number of carbonyl (C=O) groups is 1. The van der Waals surface area contributed by atoms with Gasteiger partial charge in [0.25, 0.3) is 0 Å². The molecule has 6 nitrogen and oxygen atoms in total. The maximum absolute atomic E-state index is 10.7. The van der Waals surface area contributed by atoms with Gasteiger partial charge in [-0.1, -0.05) is 31.9 Å². The lowest BCUT2D eigenvalue weighted by Crippen LogP contribution is -2.17. The highest BCUT2D eigenvalue weighted by Gasteiger charge is 2.25. The minimum atomic E-state index is -0.941. The van der Waals surface area contributed by atoms with Crippen molar-refractivity contribution in [1.29, 1.82) is 0 Å². The minimum Gasteiger partial charge on any atom is -0.480 e. The lowest BCUT2D eigenvalue weighted by atomic mass is 9.98. The predicted molar refractivity (Wildman–Crippen MR) is 73.4 cm³/mol. The van der Waals surface area contributed by atoms with Crippen LogP contribution in [0.4, 0.5) is 0 Å². The molecule has 2 rings (SSSR count). The highest BCUT2D eigenvalue weighted by Crippen LogP contribution is 2.29. The third-order valence-corrected chi connectivity index (χ3v) is 3.50. The Bertz CT molecular complexity index is 457. The molecule has 1 unspecified atom stereocenters.